The van der Waals surface area contributed by atoms with Crippen LogP contribution in [0.25, 0.3) is 6.08 Å². The molecule has 1 saturated carbocycles. The molecule has 0 aromatic heterocycles. The normalized spacial score (nSPS) is 22.1. The minimum Gasteiger partial charge on any atom is -0.350 e. The van der Waals surface area contributed by atoms with Crippen molar-refractivity contribution in [3.63, 3.8) is 0 Å². The molecule has 4 rings (SSSR count). The van der Waals surface area contributed by atoms with E-state index in [0.29, 0.717) is 17.4 Å². The predicted molar refractivity (Wildman–Crippen MR) is 138 cm³/mol. The first-order valence-corrected chi connectivity index (χ1v) is 12.9. The molecule has 0 radical (unpaired) electrons. The quantitative estimate of drug-likeness (QED) is 0.483. The zero-order valence-electron chi connectivity index (χ0n) is 21.2. The molecule has 1 aliphatic heterocycles. The summed E-state index contributed by atoms with van der Waals surface area (Å²) >= 11 is 0. The van der Waals surface area contributed by atoms with Gasteiger partial charge in [-0.2, -0.15) is 0 Å². The lowest BCUT2D eigenvalue weighted by molar-refractivity contribution is -0.117. The van der Waals surface area contributed by atoms with Crippen LogP contribution in [-0.4, -0.2) is 36.5 Å². The number of halogens is 2. The second kappa shape index (κ2) is 11.0. The average molecular weight is 481 g/mol. The summed E-state index contributed by atoms with van der Waals surface area (Å²) in [6.45, 7) is 10.1. The number of piperidine rings is 1. The van der Waals surface area contributed by atoms with Gasteiger partial charge in [-0.3, -0.25) is 4.79 Å². The van der Waals surface area contributed by atoms with Gasteiger partial charge in [0.15, 0.2) is 0 Å². The van der Waals surface area contributed by atoms with Crippen LogP contribution in [0.1, 0.15) is 75.5 Å². The van der Waals surface area contributed by atoms with Gasteiger partial charge in [0, 0.05) is 24.7 Å². The van der Waals surface area contributed by atoms with Crippen molar-refractivity contribution < 1.29 is 13.6 Å². The SMILES string of the molecule is CC(C)(C)c1ccc(C2CCN(C[C@H]3CC[C@@H](NC(=O)/C=C/c4cc(F)cc(F)c4)C3)CC2)cc1. The van der Waals surface area contributed by atoms with E-state index in [2.05, 4.69) is 55.3 Å². The molecule has 2 atom stereocenters. The van der Waals surface area contributed by atoms with E-state index in [9.17, 15) is 13.6 Å². The van der Waals surface area contributed by atoms with Crippen LogP contribution >= 0.6 is 0 Å². The molecule has 35 heavy (non-hydrogen) atoms. The third-order valence-electron chi connectivity index (χ3n) is 7.55. The molecule has 0 spiro atoms. The summed E-state index contributed by atoms with van der Waals surface area (Å²) in [4.78, 5) is 14.9. The molecule has 2 aromatic rings. The molecular formula is C30H38F2N2O. The molecule has 0 bridgehead atoms. The lowest BCUT2D eigenvalue weighted by Crippen LogP contribution is -2.37. The van der Waals surface area contributed by atoms with Gasteiger partial charge in [0.2, 0.25) is 5.91 Å². The van der Waals surface area contributed by atoms with Gasteiger partial charge in [-0.25, -0.2) is 8.78 Å². The fourth-order valence-electron chi connectivity index (χ4n) is 5.53. The molecule has 1 aliphatic carbocycles. The smallest absolute Gasteiger partial charge is 0.244 e. The van der Waals surface area contributed by atoms with E-state index < -0.39 is 11.6 Å². The van der Waals surface area contributed by atoms with Crippen molar-refractivity contribution in [2.24, 2.45) is 5.92 Å². The Morgan fingerprint density at radius 1 is 1.00 bits per heavy atom. The van der Waals surface area contributed by atoms with E-state index in [4.69, 9.17) is 0 Å². The highest BCUT2D eigenvalue weighted by Gasteiger charge is 2.29. The van der Waals surface area contributed by atoms with Gasteiger partial charge < -0.3 is 10.2 Å². The summed E-state index contributed by atoms with van der Waals surface area (Å²) in [7, 11) is 0. The van der Waals surface area contributed by atoms with Crippen molar-refractivity contribution in [2.75, 3.05) is 19.6 Å². The van der Waals surface area contributed by atoms with Crippen LogP contribution in [0.5, 0.6) is 0 Å². The van der Waals surface area contributed by atoms with E-state index in [1.807, 2.05) is 0 Å². The molecular weight excluding hydrogens is 442 g/mol. The van der Waals surface area contributed by atoms with Crippen molar-refractivity contribution >= 4 is 12.0 Å². The highest BCUT2D eigenvalue weighted by Crippen LogP contribution is 2.32. The lowest BCUT2D eigenvalue weighted by atomic mass is 9.84. The van der Waals surface area contributed by atoms with Crippen LogP contribution < -0.4 is 5.32 Å². The highest BCUT2D eigenvalue weighted by atomic mass is 19.1. The van der Waals surface area contributed by atoms with Crippen LogP contribution in [-0.2, 0) is 10.2 Å². The summed E-state index contributed by atoms with van der Waals surface area (Å²) < 4.78 is 26.6. The van der Waals surface area contributed by atoms with Gasteiger partial charge in [-0.1, -0.05) is 45.0 Å². The zero-order chi connectivity index (χ0) is 25.0. The Bertz CT molecular complexity index is 1010. The van der Waals surface area contributed by atoms with Crippen molar-refractivity contribution in [1.82, 2.24) is 10.2 Å². The number of carbonyl (C=O) groups is 1. The maximum absolute atomic E-state index is 13.3. The van der Waals surface area contributed by atoms with Gasteiger partial charge in [0.1, 0.15) is 11.6 Å². The van der Waals surface area contributed by atoms with Crippen LogP contribution in [0, 0.1) is 17.6 Å². The van der Waals surface area contributed by atoms with Crippen molar-refractivity contribution in [2.45, 2.75) is 70.3 Å². The number of carbonyl (C=O) groups excluding carboxylic acids is 1. The van der Waals surface area contributed by atoms with Crippen LogP contribution in [0.15, 0.2) is 48.5 Å². The second-order valence-corrected chi connectivity index (χ2v) is 11.4. The van der Waals surface area contributed by atoms with Crippen molar-refractivity contribution in [1.29, 1.82) is 0 Å². The Hall–Kier alpha value is -2.53. The number of rotatable bonds is 6. The topological polar surface area (TPSA) is 32.3 Å². The van der Waals surface area contributed by atoms with E-state index in [-0.39, 0.29) is 17.4 Å². The van der Waals surface area contributed by atoms with Gasteiger partial charge in [0.05, 0.1) is 0 Å². The van der Waals surface area contributed by atoms with Gasteiger partial charge in [0.25, 0.3) is 0 Å². The predicted octanol–water partition coefficient (Wildman–Crippen LogP) is 6.44. The molecule has 2 fully saturated rings. The summed E-state index contributed by atoms with van der Waals surface area (Å²) in [6.07, 6.45) is 8.31. The van der Waals surface area contributed by atoms with Gasteiger partial charge >= 0.3 is 0 Å². The van der Waals surface area contributed by atoms with Crippen molar-refractivity contribution in [3.05, 3.63) is 76.9 Å². The first-order chi connectivity index (χ1) is 16.7. The number of likely N-dealkylation sites (tertiary alicyclic amines) is 1. The minimum atomic E-state index is -0.647. The molecule has 1 amide bonds. The van der Waals surface area contributed by atoms with Crippen LogP contribution in [0.3, 0.4) is 0 Å². The molecule has 2 aromatic carbocycles. The largest absolute Gasteiger partial charge is 0.350 e. The fraction of sp³-hybridized carbons (Fsp3) is 0.500. The number of hydrogen-bond donors (Lipinski definition) is 1. The van der Waals surface area contributed by atoms with E-state index in [1.165, 1.54) is 48.3 Å². The minimum absolute atomic E-state index is 0.167. The maximum Gasteiger partial charge on any atom is 0.244 e. The van der Waals surface area contributed by atoms with Crippen molar-refractivity contribution in [3.8, 4) is 0 Å². The van der Waals surface area contributed by atoms with Gasteiger partial charge in [-0.15, -0.1) is 0 Å². The monoisotopic (exact) mass is 480 g/mol. The molecule has 1 saturated heterocycles. The second-order valence-electron chi connectivity index (χ2n) is 11.4. The van der Waals surface area contributed by atoms with E-state index in [0.717, 1.165) is 45.0 Å². The van der Waals surface area contributed by atoms with Crippen LogP contribution in [0.2, 0.25) is 0 Å². The molecule has 1 N–H and O–H groups in total. The molecule has 2 aliphatic rings. The number of nitrogens with zero attached hydrogens (tertiary/aromatic N) is 1. The first kappa shape index (κ1) is 25.6. The van der Waals surface area contributed by atoms with E-state index in [1.54, 1.807) is 0 Å². The summed E-state index contributed by atoms with van der Waals surface area (Å²) in [6, 6.07) is 12.6. The number of hydrogen-bond acceptors (Lipinski definition) is 2. The summed E-state index contributed by atoms with van der Waals surface area (Å²) in [5.41, 5.74) is 3.39. The fourth-order valence-corrected chi connectivity index (χ4v) is 5.53. The van der Waals surface area contributed by atoms with Gasteiger partial charge in [-0.05, 0) is 97.3 Å². The average Bonchev–Trinajstić information content (AvgIpc) is 3.23. The number of benzene rings is 2. The summed E-state index contributed by atoms with van der Waals surface area (Å²) in [5.74, 6) is -0.255. The summed E-state index contributed by atoms with van der Waals surface area (Å²) in [5, 5.41) is 3.06. The number of amides is 1. The molecule has 3 nitrogen and oxygen atoms in total. The van der Waals surface area contributed by atoms with E-state index >= 15 is 0 Å². The Kier molecular flexibility index (Phi) is 8.05. The number of nitrogens with one attached hydrogen (secondary N) is 1. The Morgan fingerprint density at radius 3 is 2.29 bits per heavy atom. The zero-order valence-corrected chi connectivity index (χ0v) is 21.2. The standard InChI is InChI=1S/C30H38F2N2O/c1-30(2,3)25-8-6-23(7-9-25)24-12-14-34(15-13-24)20-22-4-10-28(18-22)33-29(35)11-5-21-16-26(31)19-27(32)17-21/h5-9,11,16-17,19,22,24,28H,4,10,12-15,18,20H2,1-3H3,(H,33,35)/b11-5+/t22-,28+/m0/s1. The third kappa shape index (κ3) is 7.23. The highest BCUT2D eigenvalue weighted by molar-refractivity contribution is 5.91. The molecule has 0 unspecified atom stereocenters. The Balaban J connectivity index is 1.19. The molecule has 1 heterocycles. The maximum atomic E-state index is 13.3. The molecule has 5 heteroatoms. The molecule has 188 valence electrons. The van der Waals surface area contributed by atoms with Crippen LogP contribution in [0.4, 0.5) is 8.78 Å². The Morgan fingerprint density at radius 2 is 1.66 bits per heavy atom. The first-order valence-electron chi connectivity index (χ1n) is 12.9. The Labute approximate surface area is 208 Å². The third-order valence-corrected chi connectivity index (χ3v) is 7.55. The lowest BCUT2D eigenvalue weighted by Gasteiger charge is -2.34.